The van der Waals surface area contributed by atoms with Crippen molar-refractivity contribution in [2.45, 2.75) is 39.8 Å². The maximum atomic E-state index is 12.6. The van der Waals surface area contributed by atoms with Gasteiger partial charge in [-0.25, -0.2) is 0 Å². The Hall–Kier alpha value is -1.21. The fourth-order valence-electron chi connectivity index (χ4n) is 1.91. The van der Waals surface area contributed by atoms with Gasteiger partial charge in [-0.3, -0.25) is 9.59 Å². The van der Waals surface area contributed by atoms with Crippen LogP contribution in [0.4, 0.5) is 0 Å². The molecule has 0 aromatic carbocycles. The number of thiocarbonyl (C=S) groups is 1. The van der Waals surface area contributed by atoms with Crippen LogP contribution in [0.1, 0.15) is 27.7 Å². The Labute approximate surface area is 125 Å². The van der Waals surface area contributed by atoms with Crippen LogP contribution in [0.15, 0.2) is 0 Å². The van der Waals surface area contributed by atoms with Gasteiger partial charge >= 0.3 is 0 Å². The topological polar surface area (TPSA) is 84.7 Å². The molecule has 1 aliphatic rings. The van der Waals surface area contributed by atoms with E-state index in [2.05, 4.69) is 5.32 Å². The lowest BCUT2D eigenvalue weighted by Crippen LogP contribution is -2.60. The van der Waals surface area contributed by atoms with Crippen LogP contribution in [-0.2, 0) is 14.3 Å². The molecule has 0 aliphatic carbocycles. The van der Waals surface area contributed by atoms with Crippen molar-refractivity contribution in [1.82, 2.24) is 10.2 Å². The summed E-state index contributed by atoms with van der Waals surface area (Å²) in [6.07, 6.45) is 0. The lowest BCUT2D eigenvalue weighted by atomic mass is 9.90. The van der Waals surface area contributed by atoms with E-state index in [0.29, 0.717) is 13.2 Å². The van der Waals surface area contributed by atoms with Crippen LogP contribution in [0.25, 0.3) is 0 Å². The Kier molecular flexibility index (Phi) is 5.47. The zero-order chi connectivity index (χ0) is 15.5. The molecule has 1 fully saturated rings. The van der Waals surface area contributed by atoms with Gasteiger partial charge < -0.3 is 20.7 Å². The van der Waals surface area contributed by atoms with E-state index < -0.39 is 11.5 Å². The van der Waals surface area contributed by atoms with Gasteiger partial charge in [0.1, 0.15) is 6.04 Å². The predicted octanol–water partition coefficient (Wildman–Crippen LogP) is 0.0507. The second kappa shape index (κ2) is 6.49. The van der Waals surface area contributed by atoms with Crippen LogP contribution in [0.2, 0.25) is 0 Å². The zero-order valence-electron chi connectivity index (χ0n) is 12.4. The Morgan fingerprint density at radius 3 is 2.55 bits per heavy atom. The lowest BCUT2D eigenvalue weighted by molar-refractivity contribution is -0.152. The van der Waals surface area contributed by atoms with E-state index >= 15 is 0 Å². The fraction of sp³-hybridized carbons (Fsp3) is 0.769. The summed E-state index contributed by atoms with van der Waals surface area (Å²) in [4.78, 5) is 26.4. The molecule has 0 radical (unpaired) electrons. The molecule has 1 rings (SSSR count). The number of nitrogens with two attached hydrogens (primary N) is 1. The zero-order valence-corrected chi connectivity index (χ0v) is 13.3. The van der Waals surface area contributed by atoms with Gasteiger partial charge in [-0.05, 0) is 27.7 Å². The molecular weight excluding hydrogens is 278 g/mol. The third-order valence-corrected chi connectivity index (χ3v) is 3.78. The second-order valence-electron chi connectivity index (χ2n) is 5.74. The average molecular weight is 301 g/mol. The van der Waals surface area contributed by atoms with E-state index in [-0.39, 0.29) is 29.5 Å². The molecule has 0 spiro atoms. The number of carbonyl (C=O) groups excluding carboxylic acids is 2. The predicted molar refractivity (Wildman–Crippen MR) is 80.2 cm³/mol. The molecule has 0 bridgehead atoms. The quantitative estimate of drug-likeness (QED) is 0.717. The second-order valence-corrected chi connectivity index (χ2v) is 6.18. The normalized spacial score (nSPS) is 19.9. The molecule has 6 nitrogen and oxygen atoms in total. The van der Waals surface area contributed by atoms with Gasteiger partial charge in [0.2, 0.25) is 11.8 Å². The molecule has 20 heavy (non-hydrogen) atoms. The van der Waals surface area contributed by atoms with Gasteiger partial charge in [-0.15, -0.1) is 0 Å². The summed E-state index contributed by atoms with van der Waals surface area (Å²) in [5.41, 5.74) is 4.66. The Morgan fingerprint density at radius 2 is 2.05 bits per heavy atom. The monoisotopic (exact) mass is 301 g/mol. The fourth-order valence-corrected chi connectivity index (χ4v) is 2.00. The Bertz CT molecular complexity index is 410. The number of rotatable bonds is 4. The van der Waals surface area contributed by atoms with E-state index in [1.807, 2.05) is 13.8 Å². The van der Waals surface area contributed by atoms with Crippen molar-refractivity contribution < 1.29 is 14.3 Å². The van der Waals surface area contributed by atoms with Crippen molar-refractivity contribution in [2.24, 2.45) is 11.1 Å². The molecule has 3 N–H and O–H groups in total. The van der Waals surface area contributed by atoms with Gasteiger partial charge in [0, 0.05) is 12.6 Å². The summed E-state index contributed by atoms with van der Waals surface area (Å²) in [7, 11) is 0. The third-order valence-electron chi connectivity index (χ3n) is 3.27. The van der Waals surface area contributed by atoms with Gasteiger partial charge in [-0.2, -0.15) is 0 Å². The smallest absolute Gasteiger partial charge is 0.245 e. The molecular formula is C13H23N3O3S. The average Bonchev–Trinajstić information content (AvgIpc) is 2.36. The first-order chi connectivity index (χ1) is 9.17. The SMILES string of the molecule is CC(C)NC(=O)C1COCCN1C(=O)C(C)(C)C(N)=S. The highest BCUT2D eigenvalue weighted by Crippen LogP contribution is 2.22. The number of carbonyl (C=O) groups is 2. The van der Waals surface area contributed by atoms with Gasteiger partial charge in [-0.1, -0.05) is 12.2 Å². The van der Waals surface area contributed by atoms with Crippen LogP contribution in [0, 0.1) is 5.41 Å². The summed E-state index contributed by atoms with van der Waals surface area (Å²) >= 11 is 4.95. The van der Waals surface area contributed by atoms with Crippen LogP contribution in [0.5, 0.6) is 0 Å². The maximum Gasteiger partial charge on any atom is 0.245 e. The minimum atomic E-state index is -0.969. The third kappa shape index (κ3) is 3.67. The highest BCUT2D eigenvalue weighted by atomic mass is 32.1. The van der Waals surface area contributed by atoms with Crippen LogP contribution in [0.3, 0.4) is 0 Å². The first-order valence-electron chi connectivity index (χ1n) is 6.67. The van der Waals surface area contributed by atoms with Crippen molar-refractivity contribution in [2.75, 3.05) is 19.8 Å². The first-order valence-corrected chi connectivity index (χ1v) is 7.07. The summed E-state index contributed by atoms with van der Waals surface area (Å²) < 4.78 is 5.32. The van der Waals surface area contributed by atoms with Crippen molar-refractivity contribution in [1.29, 1.82) is 0 Å². The van der Waals surface area contributed by atoms with Gasteiger partial charge in [0.15, 0.2) is 0 Å². The van der Waals surface area contributed by atoms with E-state index in [1.54, 1.807) is 13.8 Å². The molecule has 0 aromatic heterocycles. The molecule has 1 atom stereocenters. The van der Waals surface area contributed by atoms with Gasteiger partial charge in [0.05, 0.1) is 23.6 Å². The molecule has 1 heterocycles. The molecule has 1 aliphatic heterocycles. The van der Waals surface area contributed by atoms with Crippen molar-refractivity contribution in [3.8, 4) is 0 Å². The number of morpholine rings is 1. The Balaban J connectivity index is 2.92. The summed E-state index contributed by atoms with van der Waals surface area (Å²) in [5, 5.41) is 2.80. The standard InChI is InChI=1S/C13H23N3O3S/c1-8(2)15-10(17)9-7-19-6-5-16(9)12(18)13(3,4)11(14)20/h8-9H,5-7H2,1-4H3,(H2,14,20)(H,15,17). The number of nitrogens with one attached hydrogen (secondary N) is 1. The minimum Gasteiger partial charge on any atom is -0.392 e. The maximum absolute atomic E-state index is 12.6. The molecule has 1 saturated heterocycles. The molecule has 1 unspecified atom stereocenters. The van der Waals surface area contributed by atoms with Crippen LogP contribution in [-0.4, -0.2) is 53.5 Å². The molecule has 2 amide bonds. The van der Waals surface area contributed by atoms with E-state index in [4.69, 9.17) is 22.7 Å². The number of ether oxygens (including phenoxy) is 1. The molecule has 0 aromatic rings. The van der Waals surface area contributed by atoms with Crippen molar-refractivity contribution in [3.05, 3.63) is 0 Å². The van der Waals surface area contributed by atoms with Crippen molar-refractivity contribution >= 4 is 29.0 Å². The number of nitrogens with zero attached hydrogens (tertiary/aromatic N) is 1. The van der Waals surface area contributed by atoms with Gasteiger partial charge in [0.25, 0.3) is 0 Å². The summed E-state index contributed by atoms with van der Waals surface area (Å²) in [6, 6.07) is -0.628. The number of amides is 2. The molecule has 114 valence electrons. The Morgan fingerprint density at radius 1 is 1.45 bits per heavy atom. The van der Waals surface area contributed by atoms with Crippen LogP contribution < -0.4 is 11.1 Å². The largest absolute Gasteiger partial charge is 0.392 e. The molecule has 7 heteroatoms. The van der Waals surface area contributed by atoms with Crippen molar-refractivity contribution in [3.63, 3.8) is 0 Å². The number of hydrogen-bond acceptors (Lipinski definition) is 4. The summed E-state index contributed by atoms with van der Waals surface area (Å²) in [5.74, 6) is -0.455. The minimum absolute atomic E-state index is 0.00461. The lowest BCUT2D eigenvalue weighted by Gasteiger charge is -2.39. The highest BCUT2D eigenvalue weighted by Gasteiger charge is 2.41. The van der Waals surface area contributed by atoms with E-state index in [1.165, 1.54) is 4.90 Å². The van der Waals surface area contributed by atoms with E-state index in [9.17, 15) is 9.59 Å². The number of hydrogen-bond donors (Lipinski definition) is 2. The molecule has 0 saturated carbocycles. The van der Waals surface area contributed by atoms with E-state index in [0.717, 1.165) is 0 Å². The summed E-state index contributed by atoms with van der Waals surface area (Å²) in [6.45, 7) is 8.04. The van der Waals surface area contributed by atoms with Crippen LogP contribution >= 0.6 is 12.2 Å². The highest BCUT2D eigenvalue weighted by molar-refractivity contribution is 7.80. The first kappa shape index (κ1) is 16.8.